The third-order valence-corrected chi connectivity index (χ3v) is 2.97. The molecule has 0 aliphatic carbocycles. The molecular weight excluding hydrogens is 270 g/mol. The fraction of sp³-hybridized carbons (Fsp3) is 0.385. The molecule has 104 valence electrons. The summed E-state index contributed by atoms with van der Waals surface area (Å²) in [5.41, 5.74) is 0.410. The number of nitrogens with one attached hydrogen (secondary N) is 1. The molecule has 1 aromatic carbocycles. The van der Waals surface area contributed by atoms with Crippen molar-refractivity contribution in [3.63, 3.8) is 0 Å². The van der Waals surface area contributed by atoms with E-state index in [2.05, 4.69) is 5.32 Å². The Bertz CT molecular complexity index is 476. The van der Waals surface area contributed by atoms with Gasteiger partial charge in [0.15, 0.2) is 0 Å². The number of halogens is 1. The van der Waals surface area contributed by atoms with Crippen LogP contribution in [0.5, 0.6) is 0 Å². The van der Waals surface area contributed by atoms with Crippen molar-refractivity contribution < 1.29 is 19.8 Å². The minimum absolute atomic E-state index is 0.0741. The van der Waals surface area contributed by atoms with Gasteiger partial charge in [0, 0.05) is 11.6 Å². The number of hydrogen-bond acceptors (Lipinski definition) is 3. The first-order chi connectivity index (χ1) is 8.95. The number of rotatable bonds is 7. The second-order valence-corrected chi connectivity index (χ2v) is 4.64. The first-order valence-corrected chi connectivity index (χ1v) is 6.33. The Balaban J connectivity index is 2.83. The Kier molecular flexibility index (Phi) is 5.63. The summed E-state index contributed by atoms with van der Waals surface area (Å²) in [7, 11) is 0. The van der Waals surface area contributed by atoms with Crippen LogP contribution in [0.15, 0.2) is 18.2 Å². The van der Waals surface area contributed by atoms with Crippen molar-refractivity contribution in [1.82, 2.24) is 0 Å². The lowest BCUT2D eigenvalue weighted by Gasteiger charge is -2.15. The molecule has 0 fully saturated rings. The molecule has 0 saturated carbocycles. The summed E-state index contributed by atoms with van der Waals surface area (Å²) in [6.07, 6.45) is 1.28. The van der Waals surface area contributed by atoms with Gasteiger partial charge in [0.2, 0.25) is 0 Å². The van der Waals surface area contributed by atoms with Gasteiger partial charge in [0.25, 0.3) is 0 Å². The molecule has 1 atom stereocenters. The van der Waals surface area contributed by atoms with Gasteiger partial charge in [-0.3, -0.25) is 4.79 Å². The van der Waals surface area contributed by atoms with Gasteiger partial charge >= 0.3 is 11.9 Å². The molecule has 0 aliphatic heterocycles. The Labute approximate surface area is 116 Å². The third kappa shape index (κ3) is 4.44. The average Bonchev–Trinajstić information content (AvgIpc) is 2.33. The highest BCUT2D eigenvalue weighted by atomic mass is 35.5. The van der Waals surface area contributed by atoms with Gasteiger partial charge in [-0.15, -0.1) is 0 Å². The van der Waals surface area contributed by atoms with E-state index in [1.807, 2.05) is 6.92 Å². The van der Waals surface area contributed by atoms with Crippen molar-refractivity contribution >= 4 is 29.2 Å². The highest BCUT2D eigenvalue weighted by Gasteiger charge is 2.17. The van der Waals surface area contributed by atoms with Gasteiger partial charge < -0.3 is 15.5 Å². The van der Waals surface area contributed by atoms with Crippen LogP contribution in [-0.2, 0) is 4.79 Å². The summed E-state index contributed by atoms with van der Waals surface area (Å²) < 4.78 is 0. The lowest BCUT2D eigenvalue weighted by atomic mass is 10.0. The first kappa shape index (κ1) is 15.3. The van der Waals surface area contributed by atoms with E-state index in [0.717, 1.165) is 6.42 Å². The smallest absolute Gasteiger partial charge is 0.337 e. The molecule has 0 saturated heterocycles. The largest absolute Gasteiger partial charge is 0.481 e. The number of carboxylic acids is 2. The minimum Gasteiger partial charge on any atom is -0.481 e. The number of anilines is 1. The molecule has 0 spiro atoms. The zero-order valence-corrected chi connectivity index (χ0v) is 11.3. The van der Waals surface area contributed by atoms with Crippen LogP contribution >= 0.6 is 11.6 Å². The monoisotopic (exact) mass is 285 g/mol. The highest BCUT2D eigenvalue weighted by Crippen LogP contribution is 2.22. The molecule has 6 heteroatoms. The van der Waals surface area contributed by atoms with E-state index in [0.29, 0.717) is 17.1 Å². The topological polar surface area (TPSA) is 86.6 Å². The van der Waals surface area contributed by atoms with Crippen LogP contribution in [0.25, 0.3) is 0 Å². The normalized spacial score (nSPS) is 11.9. The van der Waals surface area contributed by atoms with E-state index >= 15 is 0 Å². The molecule has 0 radical (unpaired) electrons. The van der Waals surface area contributed by atoms with Crippen molar-refractivity contribution in [3.8, 4) is 0 Å². The molecule has 0 bridgehead atoms. The average molecular weight is 286 g/mol. The summed E-state index contributed by atoms with van der Waals surface area (Å²) in [5, 5.41) is 21.3. The van der Waals surface area contributed by atoms with Crippen molar-refractivity contribution in [2.24, 2.45) is 5.92 Å². The first-order valence-electron chi connectivity index (χ1n) is 5.95. The highest BCUT2D eigenvalue weighted by molar-refractivity contribution is 6.31. The maximum atomic E-state index is 11.0. The SMILES string of the molecule is CCCC(CNc1cc(Cl)ccc1C(=O)O)C(=O)O. The van der Waals surface area contributed by atoms with Crippen LogP contribution in [0.3, 0.4) is 0 Å². The molecule has 0 aliphatic rings. The Hall–Kier alpha value is -1.75. The standard InChI is InChI=1S/C13H16ClNO4/c1-2-3-8(12(16)17)7-15-11-6-9(14)4-5-10(11)13(18)19/h4-6,8,15H,2-3,7H2,1H3,(H,16,17)(H,18,19). The maximum absolute atomic E-state index is 11.0. The molecule has 1 aromatic rings. The molecule has 0 heterocycles. The zero-order chi connectivity index (χ0) is 14.4. The number of carbonyl (C=O) groups is 2. The quantitative estimate of drug-likeness (QED) is 0.717. The lowest BCUT2D eigenvalue weighted by molar-refractivity contribution is -0.141. The Morgan fingerprint density at radius 2 is 2.05 bits per heavy atom. The number of carboxylic acid groups (broad SMARTS) is 2. The summed E-state index contributed by atoms with van der Waals surface area (Å²) in [4.78, 5) is 22.1. The summed E-state index contributed by atoms with van der Waals surface area (Å²) in [5.74, 6) is -2.53. The molecule has 0 amide bonds. The number of aromatic carboxylic acids is 1. The number of benzene rings is 1. The predicted octanol–water partition coefficient (Wildman–Crippen LogP) is 2.95. The van der Waals surface area contributed by atoms with Gasteiger partial charge in [0.1, 0.15) is 0 Å². The van der Waals surface area contributed by atoms with Crippen LogP contribution in [-0.4, -0.2) is 28.7 Å². The van der Waals surface area contributed by atoms with Crippen LogP contribution in [0.2, 0.25) is 5.02 Å². The molecule has 1 rings (SSSR count). The van der Waals surface area contributed by atoms with Crippen molar-refractivity contribution in [3.05, 3.63) is 28.8 Å². The van der Waals surface area contributed by atoms with E-state index in [9.17, 15) is 9.59 Å². The van der Waals surface area contributed by atoms with Gasteiger partial charge in [-0.25, -0.2) is 4.79 Å². The van der Waals surface area contributed by atoms with Gasteiger partial charge in [0.05, 0.1) is 17.2 Å². The molecular formula is C13H16ClNO4. The molecule has 5 nitrogen and oxygen atoms in total. The van der Waals surface area contributed by atoms with Crippen molar-refractivity contribution in [1.29, 1.82) is 0 Å². The zero-order valence-electron chi connectivity index (χ0n) is 10.5. The number of hydrogen-bond donors (Lipinski definition) is 3. The fourth-order valence-electron chi connectivity index (χ4n) is 1.74. The van der Waals surface area contributed by atoms with Crippen molar-refractivity contribution in [2.75, 3.05) is 11.9 Å². The van der Waals surface area contributed by atoms with Crippen LogP contribution in [0.1, 0.15) is 30.1 Å². The minimum atomic E-state index is -1.08. The Morgan fingerprint density at radius 1 is 1.37 bits per heavy atom. The van der Waals surface area contributed by atoms with Gasteiger partial charge in [-0.05, 0) is 24.6 Å². The molecule has 3 N–H and O–H groups in total. The Morgan fingerprint density at radius 3 is 2.58 bits per heavy atom. The second kappa shape index (κ2) is 6.99. The second-order valence-electron chi connectivity index (χ2n) is 4.20. The van der Waals surface area contributed by atoms with E-state index < -0.39 is 17.9 Å². The van der Waals surface area contributed by atoms with Crippen LogP contribution < -0.4 is 5.32 Å². The van der Waals surface area contributed by atoms with E-state index in [1.54, 1.807) is 0 Å². The predicted molar refractivity (Wildman–Crippen MR) is 72.9 cm³/mol. The van der Waals surface area contributed by atoms with Crippen molar-refractivity contribution in [2.45, 2.75) is 19.8 Å². The maximum Gasteiger partial charge on any atom is 0.337 e. The summed E-state index contributed by atoms with van der Waals surface area (Å²) in [6.45, 7) is 2.07. The van der Waals surface area contributed by atoms with E-state index in [1.165, 1.54) is 18.2 Å². The number of aliphatic carboxylic acids is 1. The third-order valence-electron chi connectivity index (χ3n) is 2.74. The fourth-order valence-corrected chi connectivity index (χ4v) is 1.92. The van der Waals surface area contributed by atoms with E-state index in [-0.39, 0.29) is 12.1 Å². The molecule has 19 heavy (non-hydrogen) atoms. The van der Waals surface area contributed by atoms with E-state index in [4.69, 9.17) is 21.8 Å². The van der Waals surface area contributed by atoms with Gasteiger partial charge in [-0.1, -0.05) is 24.9 Å². The summed E-state index contributed by atoms with van der Waals surface area (Å²) in [6, 6.07) is 4.36. The lowest BCUT2D eigenvalue weighted by Crippen LogP contribution is -2.23. The molecule has 1 unspecified atom stereocenters. The van der Waals surface area contributed by atoms with Crippen LogP contribution in [0.4, 0.5) is 5.69 Å². The van der Waals surface area contributed by atoms with Gasteiger partial charge in [-0.2, -0.15) is 0 Å². The molecule has 0 aromatic heterocycles. The van der Waals surface area contributed by atoms with Crippen LogP contribution in [0, 0.1) is 5.92 Å². The summed E-state index contributed by atoms with van der Waals surface area (Å²) >= 11 is 5.81.